The Labute approximate surface area is 245 Å². The molecule has 0 bridgehead atoms. The fourth-order valence-corrected chi connectivity index (χ4v) is 6.11. The van der Waals surface area contributed by atoms with Gasteiger partial charge in [-0.15, -0.1) is 0 Å². The van der Waals surface area contributed by atoms with Gasteiger partial charge in [-0.1, -0.05) is 67.1 Å². The van der Waals surface area contributed by atoms with Crippen LogP contribution in [0.4, 0.5) is 0 Å². The molecule has 1 N–H and O–H groups in total. The van der Waals surface area contributed by atoms with E-state index >= 15 is 0 Å². The maximum Gasteiger partial charge on any atom is 0.341 e. The lowest BCUT2D eigenvalue weighted by Gasteiger charge is -2.28. The summed E-state index contributed by atoms with van der Waals surface area (Å²) in [5, 5.41) is 10.6. The SMILES string of the molecule is CCCC1=C(C(=O)OCC)[C@H](c2c(OC)ccc3ccccc23)n2c(s/c(=C\c3ccc(OCC(=O)O)cc3)c2=O)=N1. The second kappa shape index (κ2) is 12.4. The number of aromatic nitrogens is 1. The minimum Gasteiger partial charge on any atom is -0.496 e. The third-order valence-corrected chi connectivity index (χ3v) is 7.84. The van der Waals surface area contributed by atoms with E-state index in [1.807, 2.05) is 43.3 Å². The Hall–Kier alpha value is -4.70. The summed E-state index contributed by atoms with van der Waals surface area (Å²) in [6.07, 6.45) is 3.02. The summed E-state index contributed by atoms with van der Waals surface area (Å²) in [6, 6.07) is 17.5. The van der Waals surface area contributed by atoms with E-state index < -0.39 is 24.6 Å². The highest BCUT2D eigenvalue weighted by atomic mass is 32.1. The van der Waals surface area contributed by atoms with Gasteiger partial charge in [0.1, 0.15) is 17.5 Å². The molecule has 9 nitrogen and oxygen atoms in total. The molecule has 1 aliphatic heterocycles. The molecule has 0 saturated carbocycles. The number of carbonyl (C=O) groups is 2. The van der Waals surface area contributed by atoms with Crippen molar-refractivity contribution in [3.63, 3.8) is 0 Å². The summed E-state index contributed by atoms with van der Waals surface area (Å²) < 4.78 is 18.6. The molecule has 3 aromatic carbocycles. The van der Waals surface area contributed by atoms with Crippen molar-refractivity contribution in [2.75, 3.05) is 20.3 Å². The van der Waals surface area contributed by atoms with Crippen molar-refractivity contribution < 1.29 is 28.9 Å². The topological polar surface area (TPSA) is 116 Å². The Bertz CT molecular complexity index is 1870. The lowest BCUT2D eigenvalue weighted by molar-refractivity contribution is -0.140. The second-order valence-electron chi connectivity index (χ2n) is 9.57. The Kier molecular flexibility index (Phi) is 8.53. The Balaban J connectivity index is 1.75. The van der Waals surface area contributed by atoms with Crippen LogP contribution in [0.15, 0.2) is 81.7 Å². The van der Waals surface area contributed by atoms with Crippen LogP contribution in [0, 0.1) is 0 Å². The third kappa shape index (κ3) is 5.58. The van der Waals surface area contributed by atoms with E-state index in [1.165, 1.54) is 11.3 Å². The molecule has 1 atom stereocenters. The molecule has 0 aliphatic carbocycles. The van der Waals surface area contributed by atoms with Crippen LogP contribution >= 0.6 is 11.3 Å². The first-order chi connectivity index (χ1) is 20.4. The van der Waals surface area contributed by atoms with Gasteiger partial charge in [0, 0.05) is 5.56 Å². The predicted octanol–water partition coefficient (Wildman–Crippen LogP) is 4.20. The first-order valence-electron chi connectivity index (χ1n) is 13.6. The normalized spacial score (nSPS) is 14.8. The number of carboxylic acids is 1. The van der Waals surface area contributed by atoms with Gasteiger partial charge in [0.05, 0.1) is 29.5 Å². The largest absolute Gasteiger partial charge is 0.496 e. The average Bonchev–Trinajstić information content (AvgIpc) is 3.29. The molecular formula is C32H30N2O7S. The molecule has 0 spiro atoms. The highest BCUT2D eigenvalue weighted by Gasteiger charge is 2.37. The highest BCUT2D eigenvalue weighted by Crippen LogP contribution is 2.41. The molecule has 0 amide bonds. The number of rotatable bonds is 10. The molecule has 2 heterocycles. The zero-order valence-electron chi connectivity index (χ0n) is 23.5. The summed E-state index contributed by atoms with van der Waals surface area (Å²) >= 11 is 1.24. The van der Waals surface area contributed by atoms with Crippen LogP contribution in [0.25, 0.3) is 16.8 Å². The number of fused-ring (bicyclic) bond motifs is 2. The molecule has 0 radical (unpaired) electrons. The number of carbonyl (C=O) groups excluding carboxylic acids is 1. The standard InChI is InChI=1S/C32H30N2O7S/c1-4-8-23-28(31(38)40-5-2)29(27-22-10-7-6-9-20(22)13-16-24(27)39-3)34-30(37)25(42-32(34)33-23)17-19-11-14-21(15-12-19)41-18-26(35)36/h6-7,9-17,29H,4-5,8,18H2,1-3H3,(H,35,36)/b25-17-/t29-/m0/s1. The number of esters is 1. The molecular weight excluding hydrogens is 556 g/mol. The van der Waals surface area contributed by atoms with Crippen molar-refractivity contribution in [2.24, 2.45) is 4.99 Å². The Morgan fingerprint density at radius 2 is 1.83 bits per heavy atom. The lowest BCUT2D eigenvalue weighted by Crippen LogP contribution is -2.40. The summed E-state index contributed by atoms with van der Waals surface area (Å²) in [7, 11) is 1.57. The number of hydrogen-bond acceptors (Lipinski definition) is 8. The van der Waals surface area contributed by atoms with Crippen LogP contribution in [-0.4, -0.2) is 41.9 Å². The van der Waals surface area contributed by atoms with Gasteiger partial charge in [-0.3, -0.25) is 9.36 Å². The number of hydrogen-bond donors (Lipinski definition) is 1. The number of methoxy groups -OCH3 is 1. The lowest BCUT2D eigenvalue weighted by atomic mass is 9.90. The van der Waals surface area contributed by atoms with Gasteiger partial charge in [0.25, 0.3) is 5.56 Å². The number of thiazole rings is 1. The number of benzene rings is 3. The molecule has 216 valence electrons. The van der Waals surface area contributed by atoms with Crippen molar-refractivity contribution in [1.82, 2.24) is 4.57 Å². The van der Waals surface area contributed by atoms with Crippen molar-refractivity contribution in [1.29, 1.82) is 0 Å². The Morgan fingerprint density at radius 3 is 2.52 bits per heavy atom. The summed E-state index contributed by atoms with van der Waals surface area (Å²) in [5.41, 5.74) is 2.02. The van der Waals surface area contributed by atoms with E-state index in [9.17, 15) is 14.4 Å². The zero-order chi connectivity index (χ0) is 29.8. The van der Waals surface area contributed by atoms with Gasteiger partial charge >= 0.3 is 11.9 Å². The second-order valence-corrected chi connectivity index (χ2v) is 10.6. The van der Waals surface area contributed by atoms with E-state index in [4.69, 9.17) is 24.3 Å². The fraction of sp³-hybridized carbons (Fsp3) is 0.250. The molecule has 1 aromatic heterocycles. The zero-order valence-corrected chi connectivity index (χ0v) is 24.3. The maximum absolute atomic E-state index is 14.1. The van der Waals surface area contributed by atoms with E-state index in [2.05, 4.69) is 0 Å². The molecule has 0 saturated heterocycles. The van der Waals surface area contributed by atoms with Crippen LogP contribution in [0.5, 0.6) is 11.5 Å². The summed E-state index contributed by atoms with van der Waals surface area (Å²) in [6.45, 7) is 3.49. The van der Waals surface area contributed by atoms with Gasteiger partial charge in [-0.2, -0.15) is 0 Å². The molecule has 42 heavy (non-hydrogen) atoms. The molecule has 1 aliphatic rings. The number of nitrogens with zero attached hydrogens (tertiary/aromatic N) is 2. The van der Waals surface area contributed by atoms with Crippen molar-refractivity contribution in [3.05, 3.63) is 103 Å². The summed E-state index contributed by atoms with van der Waals surface area (Å²) in [4.78, 5) is 43.9. The molecule has 5 rings (SSSR count). The van der Waals surface area contributed by atoms with E-state index in [-0.39, 0.29) is 12.2 Å². The highest BCUT2D eigenvalue weighted by molar-refractivity contribution is 7.07. The van der Waals surface area contributed by atoms with Gasteiger partial charge < -0.3 is 19.3 Å². The average molecular weight is 587 g/mol. The summed E-state index contributed by atoms with van der Waals surface area (Å²) in [5.74, 6) is -0.634. The monoisotopic (exact) mass is 586 g/mol. The predicted molar refractivity (Wildman–Crippen MR) is 160 cm³/mol. The quantitative estimate of drug-likeness (QED) is 0.277. The van der Waals surface area contributed by atoms with E-state index in [0.29, 0.717) is 44.1 Å². The van der Waals surface area contributed by atoms with E-state index in [1.54, 1.807) is 48.9 Å². The fourth-order valence-electron chi connectivity index (χ4n) is 5.09. The van der Waals surface area contributed by atoms with Crippen LogP contribution in [0.1, 0.15) is 43.9 Å². The minimum atomic E-state index is -1.07. The first kappa shape index (κ1) is 28.8. The van der Waals surface area contributed by atoms with Crippen LogP contribution in [0.3, 0.4) is 0 Å². The van der Waals surface area contributed by atoms with E-state index in [0.717, 1.165) is 22.8 Å². The Morgan fingerprint density at radius 1 is 1.07 bits per heavy atom. The molecule has 4 aromatic rings. The number of aliphatic carboxylic acids is 1. The molecule has 0 fully saturated rings. The van der Waals surface area contributed by atoms with Crippen molar-refractivity contribution in [3.8, 4) is 11.5 Å². The van der Waals surface area contributed by atoms with Crippen molar-refractivity contribution in [2.45, 2.75) is 32.7 Å². The minimum absolute atomic E-state index is 0.178. The van der Waals surface area contributed by atoms with Gasteiger partial charge in [-0.25, -0.2) is 14.6 Å². The molecule has 0 unspecified atom stereocenters. The number of carboxylic acid groups (broad SMARTS) is 1. The van der Waals surface area contributed by atoms with Crippen molar-refractivity contribution >= 4 is 40.1 Å². The van der Waals surface area contributed by atoms with Gasteiger partial charge in [0.2, 0.25) is 0 Å². The maximum atomic E-state index is 14.1. The smallest absolute Gasteiger partial charge is 0.341 e. The third-order valence-electron chi connectivity index (χ3n) is 6.86. The van der Waals surface area contributed by atoms with Crippen LogP contribution < -0.4 is 24.4 Å². The first-order valence-corrected chi connectivity index (χ1v) is 14.4. The van der Waals surface area contributed by atoms with Gasteiger partial charge in [-0.05, 0) is 54.0 Å². The van der Waals surface area contributed by atoms with Crippen LogP contribution in [0.2, 0.25) is 0 Å². The number of ether oxygens (including phenoxy) is 3. The molecule has 10 heteroatoms. The van der Waals surface area contributed by atoms with Crippen LogP contribution in [-0.2, 0) is 14.3 Å². The number of allylic oxidation sites excluding steroid dienone is 1. The van der Waals surface area contributed by atoms with Gasteiger partial charge in [0.15, 0.2) is 11.4 Å².